The molecule has 0 saturated carbocycles. The van der Waals surface area contributed by atoms with Crippen LogP contribution in [0.3, 0.4) is 0 Å². The van der Waals surface area contributed by atoms with E-state index in [9.17, 15) is 24.0 Å². The minimum absolute atomic E-state index is 0.00760. The number of cyclic esters (lactones) is 2. The van der Waals surface area contributed by atoms with Crippen LogP contribution in [0.5, 0.6) is 0 Å². The Morgan fingerprint density at radius 2 is 1.58 bits per heavy atom. The van der Waals surface area contributed by atoms with E-state index < -0.39 is 23.3 Å². The predicted octanol–water partition coefficient (Wildman–Crippen LogP) is 1.86. The summed E-state index contributed by atoms with van der Waals surface area (Å²) in [6.45, 7) is 0. The van der Waals surface area contributed by atoms with Gasteiger partial charge in [-0.15, -0.1) is 0 Å². The smallest absolute Gasteiger partial charge is 0.347 e. The summed E-state index contributed by atoms with van der Waals surface area (Å²) in [5.41, 5.74) is -0.567. The Morgan fingerprint density at radius 1 is 0.962 bits per heavy atom. The van der Waals surface area contributed by atoms with Gasteiger partial charge < -0.3 is 13.9 Å². The molecule has 26 heavy (non-hydrogen) atoms. The lowest BCUT2D eigenvalue weighted by atomic mass is 10.0. The Balaban J connectivity index is 2.11. The van der Waals surface area contributed by atoms with Crippen molar-refractivity contribution in [3.05, 3.63) is 56.7 Å². The fourth-order valence-corrected chi connectivity index (χ4v) is 2.88. The molecular formula is C18H8O8. The van der Waals surface area contributed by atoms with Crippen molar-refractivity contribution in [3.63, 3.8) is 0 Å². The molecule has 1 aliphatic rings. The monoisotopic (exact) mass is 352 g/mol. The highest BCUT2D eigenvalue weighted by molar-refractivity contribution is 6.17. The highest BCUT2D eigenvalue weighted by atomic mass is 16.6. The molecule has 2 aromatic carbocycles. The van der Waals surface area contributed by atoms with Crippen LogP contribution in [-0.2, 0) is 9.47 Å². The quantitative estimate of drug-likeness (QED) is 0.297. The van der Waals surface area contributed by atoms with Crippen molar-refractivity contribution >= 4 is 46.1 Å². The predicted molar refractivity (Wildman–Crippen MR) is 86.5 cm³/mol. The number of carbonyl (C=O) groups is 4. The van der Waals surface area contributed by atoms with Crippen molar-refractivity contribution in [1.29, 1.82) is 0 Å². The lowest BCUT2D eigenvalue weighted by molar-refractivity contribution is 0.0442. The molecule has 0 spiro atoms. The maximum absolute atomic E-state index is 12.8. The third-order valence-electron chi connectivity index (χ3n) is 4.14. The van der Waals surface area contributed by atoms with Gasteiger partial charge in [0.1, 0.15) is 11.2 Å². The second kappa shape index (κ2) is 5.35. The van der Waals surface area contributed by atoms with E-state index in [1.165, 1.54) is 24.3 Å². The van der Waals surface area contributed by atoms with Gasteiger partial charge in [0, 0.05) is 5.56 Å². The third kappa shape index (κ3) is 2.05. The number of methoxy groups -OCH3 is 1. The van der Waals surface area contributed by atoms with Gasteiger partial charge in [0.2, 0.25) is 5.43 Å². The average molecular weight is 352 g/mol. The zero-order chi connectivity index (χ0) is 18.6. The largest absolute Gasteiger partial charge is 0.465 e. The second-order valence-electron chi connectivity index (χ2n) is 5.55. The minimum atomic E-state index is -0.849. The Bertz CT molecular complexity index is 1230. The van der Waals surface area contributed by atoms with Crippen LogP contribution in [0, 0.1) is 0 Å². The summed E-state index contributed by atoms with van der Waals surface area (Å²) in [4.78, 5) is 59.2. The maximum atomic E-state index is 12.8. The van der Waals surface area contributed by atoms with Gasteiger partial charge in [-0.05, 0) is 24.3 Å². The standard InChI is InChI=1S/C18H8O8/c1-24-16(21)8-3-11-13(2-7(8)6-19)25-14-5-10-9(4-12(14)15(11)20)17(22)26-18(10)23/h2-6H,1H3. The van der Waals surface area contributed by atoms with Crippen LogP contribution in [0.15, 0.2) is 33.5 Å². The molecule has 0 bridgehead atoms. The first-order valence-corrected chi connectivity index (χ1v) is 7.33. The Kier molecular flexibility index (Phi) is 3.23. The number of benzene rings is 2. The number of ether oxygens (including phenoxy) is 2. The van der Waals surface area contributed by atoms with E-state index in [1.807, 2.05) is 0 Å². The molecule has 2 heterocycles. The third-order valence-corrected chi connectivity index (χ3v) is 4.14. The molecule has 1 aromatic heterocycles. The van der Waals surface area contributed by atoms with Gasteiger partial charge >= 0.3 is 17.9 Å². The van der Waals surface area contributed by atoms with Crippen molar-refractivity contribution in [2.75, 3.05) is 7.11 Å². The van der Waals surface area contributed by atoms with Crippen molar-refractivity contribution in [2.24, 2.45) is 0 Å². The molecule has 8 nitrogen and oxygen atoms in total. The molecule has 0 radical (unpaired) electrons. The van der Waals surface area contributed by atoms with E-state index in [2.05, 4.69) is 9.47 Å². The van der Waals surface area contributed by atoms with Crippen LogP contribution in [0.25, 0.3) is 21.9 Å². The number of esters is 3. The number of fused-ring (bicyclic) bond motifs is 3. The molecule has 8 heteroatoms. The number of carbonyl (C=O) groups excluding carboxylic acids is 4. The molecule has 4 rings (SSSR count). The van der Waals surface area contributed by atoms with Crippen LogP contribution < -0.4 is 5.43 Å². The molecule has 0 atom stereocenters. The fourth-order valence-electron chi connectivity index (χ4n) is 2.88. The number of hydrogen-bond acceptors (Lipinski definition) is 8. The highest BCUT2D eigenvalue weighted by Gasteiger charge is 2.31. The van der Waals surface area contributed by atoms with E-state index >= 15 is 0 Å². The van der Waals surface area contributed by atoms with Crippen LogP contribution in [-0.4, -0.2) is 31.3 Å². The lowest BCUT2D eigenvalue weighted by Crippen LogP contribution is -2.09. The zero-order valence-electron chi connectivity index (χ0n) is 13.2. The first kappa shape index (κ1) is 15.7. The topological polar surface area (TPSA) is 117 Å². The normalized spacial score (nSPS) is 13.0. The van der Waals surface area contributed by atoms with Crippen LogP contribution in [0.1, 0.15) is 41.4 Å². The van der Waals surface area contributed by atoms with Crippen LogP contribution >= 0.6 is 0 Å². The van der Waals surface area contributed by atoms with Crippen LogP contribution in [0.2, 0.25) is 0 Å². The van der Waals surface area contributed by atoms with Gasteiger partial charge in [-0.2, -0.15) is 0 Å². The first-order chi connectivity index (χ1) is 12.4. The van der Waals surface area contributed by atoms with E-state index in [1.54, 1.807) is 0 Å². The van der Waals surface area contributed by atoms with E-state index in [4.69, 9.17) is 4.42 Å². The van der Waals surface area contributed by atoms with Crippen molar-refractivity contribution in [1.82, 2.24) is 0 Å². The molecule has 0 unspecified atom stereocenters. The van der Waals surface area contributed by atoms with Crippen molar-refractivity contribution in [3.8, 4) is 0 Å². The molecule has 0 aliphatic carbocycles. The second-order valence-corrected chi connectivity index (χ2v) is 5.55. The summed E-state index contributed by atoms with van der Waals surface area (Å²) < 4.78 is 14.7. The van der Waals surface area contributed by atoms with Gasteiger partial charge in [-0.25, -0.2) is 14.4 Å². The van der Waals surface area contributed by atoms with Crippen molar-refractivity contribution < 1.29 is 33.1 Å². The van der Waals surface area contributed by atoms with Gasteiger partial charge in [0.05, 0.1) is 34.6 Å². The van der Waals surface area contributed by atoms with E-state index in [0.29, 0.717) is 6.29 Å². The van der Waals surface area contributed by atoms with E-state index in [0.717, 1.165) is 7.11 Å². The van der Waals surface area contributed by atoms with Gasteiger partial charge in [0.15, 0.2) is 6.29 Å². The van der Waals surface area contributed by atoms with Crippen LogP contribution in [0.4, 0.5) is 0 Å². The summed E-state index contributed by atoms with van der Waals surface area (Å²) in [6, 6.07) is 4.90. The molecule has 1 aliphatic heterocycles. The summed E-state index contributed by atoms with van der Waals surface area (Å²) in [7, 11) is 1.15. The van der Waals surface area contributed by atoms with Gasteiger partial charge in [-0.3, -0.25) is 9.59 Å². The molecule has 128 valence electrons. The maximum Gasteiger partial charge on any atom is 0.347 e. The van der Waals surface area contributed by atoms with E-state index in [-0.39, 0.29) is 44.2 Å². The SMILES string of the molecule is COC(=O)c1cc2c(=O)c3cc4c(cc3oc2cc1C=O)C(=O)OC4=O. The first-order valence-electron chi connectivity index (χ1n) is 7.33. The molecule has 0 amide bonds. The lowest BCUT2D eigenvalue weighted by Gasteiger charge is -2.07. The number of hydrogen-bond donors (Lipinski definition) is 0. The zero-order valence-corrected chi connectivity index (χ0v) is 13.2. The molecular weight excluding hydrogens is 344 g/mol. The molecule has 0 fully saturated rings. The summed E-state index contributed by atoms with van der Waals surface area (Å²) in [6.07, 6.45) is 0.439. The summed E-state index contributed by atoms with van der Waals surface area (Å²) >= 11 is 0. The van der Waals surface area contributed by atoms with Gasteiger partial charge in [-0.1, -0.05) is 0 Å². The Hall–Kier alpha value is -3.81. The molecule has 0 N–H and O–H groups in total. The Morgan fingerprint density at radius 3 is 2.23 bits per heavy atom. The fraction of sp³-hybridized carbons (Fsp3) is 0.0556. The minimum Gasteiger partial charge on any atom is -0.465 e. The average Bonchev–Trinajstić information content (AvgIpc) is 2.92. The number of rotatable bonds is 2. The summed E-state index contributed by atoms with van der Waals surface area (Å²) in [5.74, 6) is -2.46. The Labute approximate surface area is 143 Å². The van der Waals surface area contributed by atoms with Crippen molar-refractivity contribution in [2.45, 2.75) is 0 Å². The highest BCUT2D eigenvalue weighted by Crippen LogP contribution is 2.28. The molecule has 3 aromatic rings. The summed E-state index contributed by atoms with van der Waals surface area (Å²) in [5, 5.41) is 0.0682. The van der Waals surface area contributed by atoms with Gasteiger partial charge in [0.25, 0.3) is 0 Å². The molecule has 0 saturated heterocycles. The number of aldehydes is 1.